The highest BCUT2D eigenvalue weighted by Crippen LogP contribution is 2.20. The van der Waals surface area contributed by atoms with Crippen LogP contribution in [0.3, 0.4) is 0 Å². The van der Waals surface area contributed by atoms with Gasteiger partial charge in [-0.2, -0.15) is 5.10 Å². The molecule has 0 spiro atoms. The normalized spacial score (nSPS) is 12.6. The molecule has 18 heavy (non-hydrogen) atoms. The molecule has 0 bridgehead atoms. The molecule has 2 aromatic rings. The first-order chi connectivity index (χ1) is 8.72. The lowest BCUT2D eigenvalue weighted by Gasteiger charge is -2.12. The van der Waals surface area contributed by atoms with Gasteiger partial charge in [0, 0.05) is 18.5 Å². The third kappa shape index (κ3) is 2.73. The number of aliphatic hydroxyl groups is 1. The minimum Gasteiger partial charge on any atom is -0.388 e. The lowest BCUT2D eigenvalue weighted by atomic mass is 10.1. The molecule has 0 saturated heterocycles. The molecule has 1 unspecified atom stereocenters. The number of hydrogen-bond acceptors (Lipinski definition) is 3. The molecule has 0 aliphatic rings. The van der Waals surface area contributed by atoms with E-state index in [4.69, 9.17) is 0 Å². The van der Waals surface area contributed by atoms with Crippen LogP contribution in [-0.2, 0) is 13.0 Å². The quantitative estimate of drug-likeness (QED) is 0.882. The molecule has 0 saturated carbocycles. The summed E-state index contributed by atoms with van der Waals surface area (Å²) in [6.45, 7) is 2.79. The molecule has 0 radical (unpaired) electrons. The van der Waals surface area contributed by atoms with Crippen molar-refractivity contribution in [3.8, 4) is 0 Å². The largest absolute Gasteiger partial charge is 0.388 e. The Morgan fingerprint density at radius 1 is 1.39 bits per heavy atom. The highest BCUT2D eigenvalue weighted by atomic mass is 19.1. The van der Waals surface area contributed by atoms with Crippen molar-refractivity contribution in [1.82, 2.24) is 14.8 Å². The molecular formula is C13H16FN3O. The number of hydrogen-bond donors (Lipinski definition) is 1. The standard InChI is InChI=1S/C13H16FN3O/c1-2-7-17-13(15-9-16-17)8-12(18)10-5-3-4-6-11(10)14/h3-6,9,12,18H,2,7-8H2,1H3. The maximum atomic E-state index is 13.5. The number of aromatic nitrogens is 3. The number of rotatable bonds is 5. The molecule has 2 rings (SSSR count). The van der Waals surface area contributed by atoms with Crippen molar-refractivity contribution in [2.75, 3.05) is 0 Å². The van der Waals surface area contributed by atoms with Gasteiger partial charge in [-0.05, 0) is 12.5 Å². The van der Waals surface area contributed by atoms with Crippen molar-refractivity contribution in [3.63, 3.8) is 0 Å². The van der Waals surface area contributed by atoms with Gasteiger partial charge in [-0.1, -0.05) is 25.1 Å². The van der Waals surface area contributed by atoms with Crippen LogP contribution in [0, 0.1) is 5.82 Å². The molecule has 4 nitrogen and oxygen atoms in total. The van der Waals surface area contributed by atoms with E-state index in [2.05, 4.69) is 10.1 Å². The first-order valence-electron chi connectivity index (χ1n) is 6.01. The number of nitrogens with zero attached hydrogens (tertiary/aromatic N) is 3. The predicted molar refractivity (Wildman–Crippen MR) is 65.4 cm³/mol. The Kier molecular flexibility index (Phi) is 4.04. The lowest BCUT2D eigenvalue weighted by Crippen LogP contribution is -2.11. The summed E-state index contributed by atoms with van der Waals surface area (Å²) in [4.78, 5) is 4.10. The molecule has 1 aromatic carbocycles. The van der Waals surface area contributed by atoms with Crippen molar-refractivity contribution < 1.29 is 9.50 Å². The minimum atomic E-state index is -0.897. The average molecular weight is 249 g/mol. The average Bonchev–Trinajstić information content (AvgIpc) is 2.78. The topological polar surface area (TPSA) is 50.9 Å². The van der Waals surface area contributed by atoms with Gasteiger partial charge in [0.25, 0.3) is 0 Å². The highest BCUT2D eigenvalue weighted by molar-refractivity contribution is 5.20. The van der Waals surface area contributed by atoms with Crippen molar-refractivity contribution in [2.24, 2.45) is 0 Å². The molecule has 0 aliphatic carbocycles. The van der Waals surface area contributed by atoms with Gasteiger partial charge in [0.15, 0.2) is 0 Å². The molecule has 0 amide bonds. The third-order valence-electron chi connectivity index (χ3n) is 2.77. The van der Waals surface area contributed by atoms with Crippen LogP contribution in [0.4, 0.5) is 4.39 Å². The van der Waals surface area contributed by atoms with Gasteiger partial charge in [-0.25, -0.2) is 9.37 Å². The molecule has 96 valence electrons. The van der Waals surface area contributed by atoms with E-state index in [1.807, 2.05) is 6.92 Å². The molecular weight excluding hydrogens is 233 g/mol. The zero-order valence-corrected chi connectivity index (χ0v) is 10.3. The Morgan fingerprint density at radius 2 is 2.17 bits per heavy atom. The first-order valence-corrected chi connectivity index (χ1v) is 6.01. The second kappa shape index (κ2) is 5.73. The van der Waals surface area contributed by atoms with E-state index in [1.165, 1.54) is 12.4 Å². The second-order valence-corrected chi connectivity index (χ2v) is 4.14. The van der Waals surface area contributed by atoms with Crippen molar-refractivity contribution >= 4 is 0 Å². The molecule has 5 heteroatoms. The van der Waals surface area contributed by atoms with Gasteiger partial charge in [0.05, 0.1) is 6.10 Å². The molecule has 1 aromatic heterocycles. The molecule has 0 fully saturated rings. The van der Waals surface area contributed by atoms with E-state index < -0.39 is 11.9 Å². The summed E-state index contributed by atoms with van der Waals surface area (Å²) in [5, 5.41) is 14.1. The Bertz CT molecular complexity index is 512. The Balaban J connectivity index is 2.14. The SMILES string of the molecule is CCCn1ncnc1CC(O)c1ccccc1F. The van der Waals surface area contributed by atoms with Crippen molar-refractivity contribution in [1.29, 1.82) is 0 Å². The van der Waals surface area contributed by atoms with E-state index in [9.17, 15) is 9.50 Å². The van der Waals surface area contributed by atoms with E-state index in [0.29, 0.717) is 11.4 Å². The Labute approximate surface area is 105 Å². The van der Waals surface area contributed by atoms with Gasteiger partial charge >= 0.3 is 0 Å². The fourth-order valence-electron chi connectivity index (χ4n) is 1.87. The van der Waals surface area contributed by atoms with Crippen LogP contribution in [0.5, 0.6) is 0 Å². The van der Waals surface area contributed by atoms with Gasteiger partial charge in [-0.15, -0.1) is 0 Å². The van der Waals surface area contributed by atoms with Gasteiger partial charge in [0.2, 0.25) is 0 Å². The zero-order valence-electron chi connectivity index (χ0n) is 10.3. The summed E-state index contributed by atoms with van der Waals surface area (Å²) in [5.41, 5.74) is 0.295. The summed E-state index contributed by atoms with van der Waals surface area (Å²) in [7, 11) is 0. The summed E-state index contributed by atoms with van der Waals surface area (Å²) >= 11 is 0. The number of aryl methyl sites for hydroxylation is 1. The van der Waals surface area contributed by atoms with Crippen LogP contribution in [0.15, 0.2) is 30.6 Å². The van der Waals surface area contributed by atoms with E-state index in [-0.39, 0.29) is 6.42 Å². The first kappa shape index (κ1) is 12.7. The van der Waals surface area contributed by atoms with E-state index in [1.54, 1.807) is 22.9 Å². The second-order valence-electron chi connectivity index (χ2n) is 4.14. The maximum Gasteiger partial charge on any atom is 0.138 e. The molecule has 0 aliphatic heterocycles. The minimum absolute atomic E-state index is 0.265. The van der Waals surface area contributed by atoms with Crippen LogP contribution in [0.1, 0.15) is 30.8 Å². The van der Waals surface area contributed by atoms with Crippen molar-refractivity contribution in [2.45, 2.75) is 32.4 Å². The van der Waals surface area contributed by atoms with Crippen LogP contribution in [-0.4, -0.2) is 19.9 Å². The molecule has 1 atom stereocenters. The Hall–Kier alpha value is -1.75. The smallest absolute Gasteiger partial charge is 0.138 e. The summed E-state index contributed by atoms with van der Waals surface area (Å²) in [6.07, 6.45) is 1.76. The summed E-state index contributed by atoms with van der Waals surface area (Å²) in [5.74, 6) is 0.277. The zero-order chi connectivity index (χ0) is 13.0. The molecule has 1 N–H and O–H groups in total. The fourth-order valence-corrected chi connectivity index (χ4v) is 1.87. The monoisotopic (exact) mass is 249 g/mol. The highest BCUT2D eigenvalue weighted by Gasteiger charge is 2.15. The van der Waals surface area contributed by atoms with Crippen molar-refractivity contribution in [3.05, 3.63) is 47.8 Å². The van der Waals surface area contributed by atoms with Gasteiger partial charge < -0.3 is 5.11 Å². The predicted octanol–water partition coefficient (Wildman–Crippen LogP) is 2.10. The Morgan fingerprint density at radius 3 is 2.89 bits per heavy atom. The maximum absolute atomic E-state index is 13.5. The van der Waals surface area contributed by atoms with Crippen LogP contribution in [0.2, 0.25) is 0 Å². The fraction of sp³-hybridized carbons (Fsp3) is 0.385. The van der Waals surface area contributed by atoms with E-state index in [0.717, 1.165) is 13.0 Å². The number of benzene rings is 1. The summed E-state index contributed by atoms with van der Waals surface area (Å²) < 4.78 is 15.3. The lowest BCUT2D eigenvalue weighted by molar-refractivity contribution is 0.169. The number of halogens is 1. The van der Waals surface area contributed by atoms with Crippen LogP contribution < -0.4 is 0 Å². The van der Waals surface area contributed by atoms with Gasteiger partial charge in [-0.3, -0.25) is 4.68 Å². The third-order valence-corrected chi connectivity index (χ3v) is 2.77. The number of aliphatic hydroxyl groups excluding tert-OH is 1. The van der Waals surface area contributed by atoms with Crippen LogP contribution >= 0.6 is 0 Å². The van der Waals surface area contributed by atoms with Crippen LogP contribution in [0.25, 0.3) is 0 Å². The van der Waals surface area contributed by atoms with Gasteiger partial charge in [0.1, 0.15) is 18.0 Å². The summed E-state index contributed by atoms with van der Waals surface area (Å²) in [6, 6.07) is 6.24. The molecule has 1 heterocycles. The van der Waals surface area contributed by atoms with E-state index >= 15 is 0 Å².